The van der Waals surface area contributed by atoms with Crippen LogP contribution in [0.1, 0.15) is 25.8 Å². The number of rotatable bonds is 6. The van der Waals surface area contributed by atoms with Gasteiger partial charge in [0.25, 0.3) is 5.91 Å². The summed E-state index contributed by atoms with van der Waals surface area (Å²) in [6.45, 7) is 5.96. The van der Waals surface area contributed by atoms with Gasteiger partial charge in [-0.25, -0.2) is 0 Å². The van der Waals surface area contributed by atoms with Crippen molar-refractivity contribution in [1.82, 2.24) is 5.32 Å². The van der Waals surface area contributed by atoms with Crippen LogP contribution in [0.25, 0.3) is 0 Å². The molecule has 1 rings (SSSR count). The molecule has 0 aromatic heterocycles. The SMILES string of the molecule is CC[C@H](Oc1ccccc1C)C(=O)NC[C@H](C)C#N. The van der Waals surface area contributed by atoms with Gasteiger partial charge in [0.15, 0.2) is 6.10 Å². The summed E-state index contributed by atoms with van der Waals surface area (Å²) in [7, 11) is 0. The number of amides is 1. The molecule has 0 aliphatic heterocycles. The van der Waals surface area contributed by atoms with Crippen LogP contribution >= 0.6 is 0 Å². The molecule has 1 N–H and O–H groups in total. The summed E-state index contributed by atoms with van der Waals surface area (Å²) in [5.74, 6) is 0.352. The molecule has 1 aromatic carbocycles. The molecule has 4 heteroatoms. The monoisotopic (exact) mass is 260 g/mol. The molecular weight excluding hydrogens is 240 g/mol. The molecular formula is C15H20N2O2. The molecule has 4 nitrogen and oxygen atoms in total. The summed E-state index contributed by atoms with van der Waals surface area (Å²) >= 11 is 0. The standard InChI is InChI=1S/C15H20N2O2/c1-4-13(15(18)17-10-11(2)9-16)19-14-8-6-5-7-12(14)3/h5-8,11,13H,4,10H2,1-3H3,(H,17,18)/t11-,13+/m1/s1. The first-order chi connectivity index (χ1) is 9.08. The number of nitriles is 1. The summed E-state index contributed by atoms with van der Waals surface area (Å²) in [5, 5.41) is 11.4. The molecule has 0 aliphatic rings. The summed E-state index contributed by atoms with van der Waals surface area (Å²) in [6, 6.07) is 9.68. The Balaban J connectivity index is 2.61. The van der Waals surface area contributed by atoms with Gasteiger partial charge in [-0.15, -0.1) is 0 Å². The predicted molar refractivity (Wildman–Crippen MR) is 73.7 cm³/mol. The van der Waals surface area contributed by atoms with Crippen LogP contribution in [-0.4, -0.2) is 18.6 Å². The first-order valence-electron chi connectivity index (χ1n) is 6.48. The number of carbonyl (C=O) groups is 1. The summed E-state index contributed by atoms with van der Waals surface area (Å²) in [4.78, 5) is 12.0. The van der Waals surface area contributed by atoms with E-state index in [-0.39, 0.29) is 11.8 Å². The topological polar surface area (TPSA) is 62.1 Å². The van der Waals surface area contributed by atoms with E-state index < -0.39 is 6.10 Å². The second-order valence-electron chi connectivity index (χ2n) is 4.56. The van der Waals surface area contributed by atoms with E-state index in [1.165, 1.54) is 0 Å². The highest BCUT2D eigenvalue weighted by Gasteiger charge is 2.19. The minimum atomic E-state index is -0.521. The van der Waals surface area contributed by atoms with Gasteiger partial charge in [-0.2, -0.15) is 5.26 Å². The molecule has 0 bridgehead atoms. The second-order valence-corrected chi connectivity index (χ2v) is 4.56. The van der Waals surface area contributed by atoms with Crippen molar-refractivity contribution < 1.29 is 9.53 Å². The van der Waals surface area contributed by atoms with E-state index in [2.05, 4.69) is 11.4 Å². The highest BCUT2D eigenvalue weighted by atomic mass is 16.5. The van der Waals surface area contributed by atoms with Crippen molar-refractivity contribution >= 4 is 5.91 Å². The number of nitrogens with zero attached hydrogens (tertiary/aromatic N) is 1. The van der Waals surface area contributed by atoms with E-state index in [1.807, 2.05) is 38.1 Å². The Bertz CT molecular complexity index is 465. The van der Waals surface area contributed by atoms with Gasteiger partial charge in [0.05, 0.1) is 12.0 Å². The maximum absolute atomic E-state index is 12.0. The Morgan fingerprint density at radius 2 is 2.16 bits per heavy atom. The van der Waals surface area contributed by atoms with E-state index in [0.717, 1.165) is 11.3 Å². The highest BCUT2D eigenvalue weighted by molar-refractivity contribution is 5.81. The third-order valence-electron chi connectivity index (χ3n) is 2.83. The molecule has 0 heterocycles. The Morgan fingerprint density at radius 3 is 2.74 bits per heavy atom. The van der Waals surface area contributed by atoms with E-state index >= 15 is 0 Å². The average Bonchev–Trinajstić information content (AvgIpc) is 2.43. The van der Waals surface area contributed by atoms with Crippen LogP contribution in [0, 0.1) is 24.2 Å². The van der Waals surface area contributed by atoms with Crippen molar-refractivity contribution in [1.29, 1.82) is 5.26 Å². The fraction of sp³-hybridized carbons (Fsp3) is 0.467. The van der Waals surface area contributed by atoms with Crippen molar-refractivity contribution in [3.8, 4) is 11.8 Å². The zero-order chi connectivity index (χ0) is 14.3. The minimum absolute atomic E-state index is 0.173. The molecule has 1 aromatic rings. The van der Waals surface area contributed by atoms with Crippen LogP contribution < -0.4 is 10.1 Å². The number of hydrogen-bond donors (Lipinski definition) is 1. The normalized spacial score (nSPS) is 13.2. The summed E-state index contributed by atoms with van der Waals surface area (Å²) in [5.41, 5.74) is 0.999. The summed E-state index contributed by atoms with van der Waals surface area (Å²) in [6.07, 6.45) is 0.0631. The Hall–Kier alpha value is -2.02. The molecule has 0 saturated carbocycles. The Morgan fingerprint density at radius 1 is 1.47 bits per heavy atom. The lowest BCUT2D eigenvalue weighted by atomic mass is 10.2. The smallest absolute Gasteiger partial charge is 0.261 e. The van der Waals surface area contributed by atoms with E-state index in [0.29, 0.717) is 13.0 Å². The van der Waals surface area contributed by atoms with Crippen LogP contribution in [0.5, 0.6) is 5.75 Å². The van der Waals surface area contributed by atoms with Crippen molar-refractivity contribution in [3.05, 3.63) is 29.8 Å². The second kappa shape index (κ2) is 7.42. The molecule has 0 spiro atoms. The molecule has 1 amide bonds. The first kappa shape index (κ1) is 15.0. The molecule has 102 valence electrons. The highest BCUT2D eigenvalue weighted by Crippen LogP contribution is 2.18. The van der Waals surface area contributed by atoms with Crippen molar-refractivity contribution in [2.45, 2.75) is 33.3 Å². The maximum Gasteiger partial charge on any atom is 0.261 e. The number of para-hydroxylation sites is 1. The number of benzene rings is 1. The van der Waals surface area contributed by atoms with Crippen LogP contribution in [0.3, 0.4) is 0 Å². The molecule has 0 radical (unpaired) electrons. The molecule has 2 atom stereocenters. The third kappa shape index (κ3) is 4.63. The zero-order valence-corrected chi connectivity index (χ0v) is 11.6. The van der Waals surface area contributed by atoms with Gasteiger partial charge < -0.3 is 10.1 Å². The number of carbonyl (C=O) groups excluding carboxylic acids is 1. The minimum Gasteiger partial charge on any atom is -0.480 e. The zero-order valence-electron chi connectivity index (χ0n) is 11.6. The number of hydrogen-bond acceptors (Lipinski definition) is 3. The predicted octanol–water partition coefficient (Wildman–Crippen LogP) is 2.43. The number of aryl methyl sites for hydroxylation is 1. The van der Waals surface area contributed by atoms with Crippen molar-refractivity contribution in [2.75, 3.05) is 6.54 Å². The van der Waals surface area contributed by atoms with Gasteiger partial charge in [0, 0.05) is 6.54 Å². The van der Waals surface area contributed by atoms with Crippen LogP contribution in [-0.2, 0) is 4.79 Å². The lowest BCUT2D eigenvalue weighted by Crippen LogP contribution is -2.39. The third-order valence-corrected chi connectivity index (χ3v) is 2.83. The number of nitrogens with one attached hydrogen (secondary N) is 1. The van der Waals surface area contributed by atoms with Gasteiger partial charge in [-0.05, 0) is 31.9 Å². The van der Waals surface area contributed by atoms with Gasteiger partial charge in [-0.3, -0.25) is 4.79 Å². The van der Waals surface area contributed by atoms with E-state index in [9.17, 15) is 4.79 Å². The van der Waals surface area contributed by atoms with E-state index in [1.54, 1.807) is 6.92 Å². The van der Waals surface area contributed by atoms with Crippen molar-refractivity contribution in [2.24, 2.45) is 5.92 Å². The maximum atomic E-state index is 12.0. The van der Waals surface area contributed by atoms with E-state index in [4.69, 9.17) is 10.00 Å². The van der Waals surface area contributed by atoms with Gasteiger partial charge in [0.1, 0.15) is 5.75 Å². The Kier molecular flexibility index (Phi) is 5.87. The molecule has 19 heavy (non-hydrogen) atoms. The van der Waals surface area contributed by atoms with Gasteiger partial charge >= 0.3 is 0 Å². The van der Waals surface area contributed by atoms with Crippen molar-refractivity contribution in [3.63, 3.8) is 0 Å². The molecule has 0 unspecified atom stereocenters. The average molecular weight is 260 g/mol. The fourth-order valence-electron chi connectivity index (χ4n) is 1.58. The molecule has 0 aliphatic carbocycles. The van der Waals surface area contributed by atoms with Gasteiger partial charge in [-0.1, -0.05) is 25.1 Å². The summed E-state index contributed by atoms with van der Waals surface area (Å²) < 4.78 is 5.73. The van der Waals surface area contributed by atoms with Crippen LogP contribution in [0.15, 0.2) is 24.3 Å². The lowest BCUT2D eigenvalue weighted by Gasteiger charge is -2.18. The van der Waals surface area contributed by atoms with Crippen LogP contribution in [0.4, 0.5) is 0 Å². The molecule has 0 saturated heterocycles. The molecule has 0 fully saturated rings. The van der Waals surface area contributed by atoms with Gasteiger partial charge in [0.2, 0.25) is 0 Å². The lowest BCUT2D eigenvalue weighted by molar-refractivity contribution is -0.128. The fourth-order valence-corrected chi connectivity index (χ4v) is 1.58. The quantitative estimate of drug-likeness (QED) is 0.854. The number of ether oxygens (including phenoxy) is 1. The van der Waals surface area contributed by atoms with Crippen LogP contribution in [0.2, 0.25) is 0 Å². The first-order valence-corrected chi connectivity index (χ1v) is 6.48. The largest absolute Gasteiger partial charge is 0.480 e. The Labute approximate surface area is 114 Å².